The summed E-state index contributed by atoms with van der Waals surface area (Å²) in [7, 11) is 0. The number of hydrogen-bond acceptors (Lipinski definition) is 7. The van der Waals surface area contributed by atoms with Gasteiger partial charge in [-0.15, -0.1) is 0 Å². The third-order valence-corrected chi connectivity index (χ3v) is 9.00. The van der Waals surface area contributed by atoms with Crippen molar-refractivity contribution in [3.05, 3.63) is 126 Å². The summed E-state index contributed by atoms with van der Waals surface area (Å²) in [5.41, 5.74) is 5.95. The zero-order valence-corrected chi connectivity index (χ0v) is 24.6. The molecule has 1 aliphatic carbocycles. The van der Waals surface area contributed by atoms with Crippen molar-refractivity contribution in [2.45, 2.75) is 62.8 Å². The molecule has 2 N–H and O–H groups in total. The van der Waals surface area contributed by atoms with Gasteiger partial charge in [-0.2, -0.15) is 5.10 Å². The van der Waals surface area contributed by atoms with Crippen molar-refractivity contribution in [1.29, 1.82) is 0 Å². The van der Waals surface area contributed by atoms with Gasteiger partial charge in [-0.25, -0.2) is 14.8 Å². The number of benzene rings is 2. The molecule has 2 atom stereocenters. The van der Waals surface area contributed by atoms with E-state index in [2.05, 4.69) is 79.9 Å². The van der Waals surface area contributed by atoms with E-state index in [1.165, 1.54) is 0 Å². The maximum Gasteiger partial charge on any atom is 0.408 e. The van der Waals surface area contributed by atoms with Crippen molar-refractivity contribution in [2.24, 2.45) is 5.10 Å². The molecule has 0 radical (unpaired) electrons. The Balaban J connectivity index is 1.31. The number of aromatic nitrogens is 2. The first-order valence-corrected chi connectivity index (χ1v) is 14.7. The lowest BCUT2D eigenvalue weighted by Gasteiger charge is -2.54. The normalized spacial score (nSPS) is 23.4. The molecular weight excluding hydrogens is 538 g/mol. The average molecular weight is 574 g/mol. The first-order chi connectivity index (χ1) is 20.7. The molecule has 9 heteroatoms. The highest BCUT2D eigenvalue weighted by molar-refractivity contribution is 5.98. The minimum Gasteiger partial charge on any atom is -0.465 e. The Kier molecular flexibility index (Phi) is 6.16. The van der Waals surface area contributed by atoms with Gasteiger partial charge >= 0.3 is 6.09 Å². The third-order valence-electron chi connectivity index (χ3n) is 9.00. The minimum atomic E-state index is -0.879. The molecular formula is C34H35N7O2. The summed E-state index contributed by atoms with van der Waals surface area (Å²) in [5.74, 6) is 1.20. The number of carbonyl (C=O) groups is 1. The minimum absolute atomic E-state index is 0.164. The van der Waals surface area contributed by atoms with E-state index in [1.54, 1.807) is 23.4 Å². The zero-order chi connectivity index (χ0) is 29.8. The summed E-state index contributed by atoms with van der Waals surface area (Å²) >= 11 is 0. The third kappa shape index (κ3) is 4.13. The Morgan fingerprint density at radius 3 is 2.35 bits per heavy atom. The summed E-state index contributed by atoms with van der Waals surface area (Å²) in [6.45, 7) is 5.92. The van der Waals surface area contributed by atoms with Crippen LogP contribution in [-0.2, 0) is 5.54 Å². The number of nitrogens with zero attached hydrogens (tertiary/aromatic N) is 6. The van der Waals surface area contributed by atoms with Crippen LogP contribution in [-0.4, -0.2) is 48.0 Å². The highest BCUT2D eigenvalue weighted by atomic mass is 16.4. The van der Waals surface area contributed by atoms with Gasteiger partial charge in [-0.1, -0.05) is 48.5 Å². The van der Waals surface area contributed by atoms with E-state index in [0.29, 0.717) is 11.7 Å². The molecule has 1 saturated carbocycles. The number of para-hydroxylation sites is 1. The molecule has 3 aromatic rings. The van der Waals surface area contributed by atoms with Gasteiger partial charge in [0.15, 0.2) is 17.3 Å². The number of nitrogens with one attached hydrogen (secondary N) is 1. The van der Waals surface area contributed by atoms with Gasteiger partial charge in [0.1, 0.15) is 0 Å². The predicted molar refractivity (Wildman–Crippen MR) is 166 cm³/mol. The summed E-state index contributed by atoms with van der Waals surface area (Å²) < 4.78 is 0. The molecule has 1 amide bonds. The number of anilines is 1. The van der Waals surface area contributed by atoms with Crippen molar-refractivity contribution < 1.29 is 9.90 Å². The molecule has 9 nitrogen and oxygen atoms in total. The van der Waals surface area contributed by atoms with Crippen LogP contribution in [0.25, 0.3) is 0 Å². The molecule has 4 heterocycles. The molecule has 1 aromatic heterocycles. The van der Waals surface area contributed by atoms with Crippen LogP contribution in [0, 0.1) is 0 Å². The molecule has 43 heavy (non-hydrogen) atoms. The fraction of sp³-hybridized carbons (Fsp3) is 0.294. The second-order valence-electron chi connectivity index (χ2n) is 12.5. The first-order valence-electron chi connectivity index (χ1n) is 14.7. The SMILES string of the molecule is CC(C)(C)N(C(=O)O)C1(c2ccc(C3C4=CC=CN5C(c6ncccn6)=NNC45C=CN3c3ccccc3)cc2)CCC1. The highest BCUT2D eigenvalue weighted by Gasteiger charge is 2.53. The molecule has 2 aromatic carbocycles. The fourth-order valence-electron chi connectivity index (χ4n) is 7.09. The van der Waals surface area contributed by atoms with Crippen molar-refractivity contribution in [1.82, 2.24) is 25.2 Å². The maximum atomic E-state index is 12.5. The van der Waals surface area contributed by atoms with Crippen molar-refractivity contribution >= 4 is 17.6 Å². The lowest BCUT2D eigenvalue weighted by atomic mass is 9.68. The average Bonchev–Trinajstić information content (AvgIpc) is 3.37. The monoisotopic (exact) mass is 573 g/mol. The summed E-state index contributed by atoms with van der Waals surface area (Å²) in [6.07, 6.45) is 15.7. The topological polar surface area (TPSA) is 97.2 Å². The molecule has 3 aliphatic heterocycles. The summed E-state index contributed by atoms with van der Waals surface area (Å²) in [5, 5.41) is 15.0. The van der Waals surface area contributed by atoms with Gasteiger partial charge in [0.05, 0.1) is 11.6 Å². The summed E-state index contributed by atoms with van der Waals surface area (Å²) in [4.78, 5) is 27.5. The van der Waals surface area contributed by atoms with Gasteiger partial charge < -0.3 is 10.0 Å². The molecule has 7 rings (SSSR count). The Hall–Kier alpha value is -4.92. The molecule has 4 aliphatic rings. The van der Waals surface area contributed by atoms with Gasteiger partial charge in [-0.3, -0.25) is 15.2 Å². The van der Waals surface area contributed by atoms with E-state index in [4.69, 9.17) is 5.10 Å². The smallest absolute Gasteiger partial charge is 0.408 e. The molecule has 1 spiro atoms. The number of hydrazone groups is 1. The van der Waals surface area contributed by atoms with Crippen LogP contribution in [0.3, 0.4) is 0 Å². The zero-order valence-electron chi connectivity index (χ0n) is 24.6. The van der Waals surface area contributed by atoms with E-state index in [-0.39, 0.29) is 6.04 Å². The van der Waals surface area contributed by atoms with Crippen LogP contribution in [0.15, 0.2) is 114 Å². The molecule has 218 valence electrons. The number of allylic oxidation sites excluding steroid dienone is 2. The number of carboxylic acid groups (broad SMARTS) is 1. The first kappa shape index (κ1) is 26.9. The number of amides is 1. The van der Waals surface area contributed by atoms with E-state index < -0.39 is 22.8 Å². The fourth-order valence-corrected chi connectivity index (χ4v) is 7.09. The second-order valence-corrected chi connectivity index (χ2v) is 12.5. The largest absolute Gasteiger partial charge is 0.465 e. The van der Waals surface area contributed by atoms with E-state index in [0.717, 1.165) is 41.6 Å². The van der Waals surface area contributed by atoms with E-state index >= 15 is 0 Å². The van der Waals surface area contributed by atoms with Crippen LogP contribution < -0.4 is 10.3 Å². The van der Waals surface area contributed by atoms with Crippen LogP contribution in [0.1, 0.15) is 63.0 Å². The van der Waals surface area contributed by atoms with Gasteiger partial charge in [0.2, 0.25) is 0 Å². The summed E-state index contributed by atoms with van der Waals surface area (Å²) in [6, 6.07) is 20.5. The number of amidine groups is 1. The molecule has 1 fully saturated rings. The van der Waals surface area contributed by atoms with E-state index in [9.17, 15) is 9.90 Å². The maximum absolute atomic E-state index is 12.5. The number of rotatable bonds is 5. The van der Waals surface area contributed by atoms with E-state index in [1.807, 2.05) is 51.2 Å². The van der Waals surface area contributed by atoms with Gasteiger partial charge in [0, 0.05) is 41.6 Å². The Morgan fingerprint density at radius 1 is 1.00 bits per heavy atom. The quantitative estimate of drug-likeness (QED) is 0.379. The van der Waals surface area contributed by atoms with Crippen molar-refractivity contribution in [3.63, 3.8) is 0 Å². The van der Waals surface area contributed by atoms with Crippen LogP contribution in [0.4, 0.5) is 10.5 Å². The standard InChI is InChI=1S/C34H35N7O2/c1-32(2,3)41(31(42)43)33(17-8-18-33)25-15-13-24(14-16-25)28-27-12-7-22-40-30(29-35-20-9-21-36-29)37-38-34(27,40)19-23-39(28)26-10-5-4-6-11-26/h4-7,9-16,19-23,28,38H,8,17-18H2,1-3H3,(H,42,43). The Morgan fingerprint density at radius 2 is 1.72 bits per heavy atom. The Bertz CT molecular complexity index is 1650. The lowest BCUT2D eigenvalue weighted by molar-refractivity contribution is -0.0328. The lowest BCUT2D eigenvalue weighted by Crippen LogP contribution is -2.60. The Labute approximate surface area is 251 Å². The number of hydrogen-bond donors (Lipinski definition) is 2. The van der Waals surface area contributed by atoms with Crippen LogP contribution >= 0.6 is 0 Å². The van der Waals surface area contributed by atoms with Gasteiger partial charge in [-0.05, 0) is 81.5 Å². The van der Waals surface area contributed by atoms with Crippen LogP contribution in [0.5, 0.6) is 0 Å². The molecule has 2 unspecified atom stereocenters. The molecule has 0 bridgehead atoms. The second kappa shape index (κ2) is 9.83. The van der Waals surface area contributed by atoms with Crippen molar-refractivity contribution in [3.8, 4) is 0 Å². The van der Waals surface area contributed by atoms with Crippen LogP contribution in [0.2, 0.25) is 0 Å². The highest BCUT2D eigenvalue weighted by Crippen LogP contribution is 2.51. The predicted octanol–water partition coefficient (Wildman–Crippen LogP) is 6.13. The van der Waals surface area contributed by atoms with Gasteiger partial charge in [0.25, 0.3) is 0 Å². The molecule has 0 saturated heterocycles. The van der Waals surface area contributed by atoms with Crippen molar-refractivity contribution in [2.75, 3.05) is 4.90 Å².